The fourth-order valence-corrected chi connectivity index (χ4v) is 1.47. The molecule has 0 radical (unpaired) electrons. The van der Waals surface area contributed by atoms with Gasteiger partial charge >= 0.3 is 0 Å². The Morgan fingerprint density at radius 2 is 2.11 bits per heavy atom. The highest BCUT2D eigenvalue weighted by Gasteiger charge is 2.00. The second-order valence-corrected chi connectivity index (χ2v) is 3.66. The van der Waals surface area contributed by atoms with E-state index in [1.807, 2.05) is 13.0 Å². The van der Waals surface area contributed by atoms with E-state index in [2.05, 4.69) is 21.5 Å². The standard InChI is InChI=1S/C14H18FN3.HI/c1-3-10-17-14(16-4-2)18-11-9-12-7-5-6-8-13(12)15;/h1,5-8H,4,9-11H2,2H3,(H2,16,17,18);1H. The third kappa shape index (κ3) is 7.01. The summed E-state index contributed by atoms with van der Waals surface area (Å²) >= 11 is 0. The summed E-state index contributed by atoms with van der Waals surface area (Å²) in [6.45, 7) is 3.67. The van der Waals surface area contributed by atoms with Crippen LogP contribution in [0, 0.1) is 18.2 Å². The van der Waals surface area contributed by atoms with Crippen molar-refractivity contribution in [2.75, 3.05) is 19.6 Å². The highest BCUT2D eigenvalue weighted by molar-refractivity contribution is 14.0. The summed E-state index contributed by atoms with van der Waals surface area (Å²) in [6.07, 6.45) is 5.74. The molecule has 0 unspecified atom stereocenters. The molecule has 1 aromatic carbocycles. The van der Waals surface area contributed by atoms with Crippen LogP contribution in [-0.4, -0.2) is 25.6 Å². The van der Waals surface area contributed by atoms with Crippen LogP contribution < -0.4 is 10.6 Å². The van der Waals surface area contributed by atoms with Crippen molar-refractivity contribution >= 4 is 29.9 Å². The van der Waals surface area contributed by atoms with Crippen molar-refractivity contribution < 1.29 is 4.39 Å². The van der Waals surface area contributed by atoms with Gasteiger partial charge in [-0.2, -0.15) is 0 Å². The fourth-order valence-electron chi connectivity index (χ4n) is 1.47. The molecule has 0 aliphatic rings. The molecule has 1 aromatic rings. The molecule has 0 aliphatic carbocycles. The Kier molecular flexibility index (Phi) is 9.90. The number of benzene rings is 1. The van der Waals surface area contributed by atoms with Gasteiger partial charge in [0.1, 0.15) is 5.82 Å². The van der Waals surface area contributed by atoms with E-state index in [1.165, 1.54) is 6.07 Å². The number of aliphatic imine (C=N–C) groups is 1. The van der Waals surface area contributed by atoms with Gasteiger partial charge in [0.15, 0.2) is 5.96 Å². The van der Waals surface area contributed by atoms with Crippen molar-refractivity contribution in [2.45, 2.75) is 13.3 Å². The van der Waals surface area contributed by atoms with E-state index in [9.17, 15) is 4.39 Å². The van der Waals surface area contributed by atoms with E-state index in [4.69, 9.17) is 6.42 Å². The lowest BCUT2D eigenvalue weighted by Gasteiger charge is -2.08. The van der Waals surface area contributed by atoms with Crippen LogP contribution in [0.3, 0.4) is 0 Å². The van der Waals surface area contributed by atoms with Crippen LogP contribution in [0.1, 0.15) is 12.5 Å². The van der Waals surface area contributed by atoms with Gasteiger partial charge in [-0.25, -0.2) is 4.39 Å². The summed E-state index contributed by atoms with van der Waals surface area (Å²) in [5, 5.41) is 6.05. The highest BCUT2D eigenvalue weighted by atomic mass is 127. The van der Waals surface area contributed by atoms with Crippen molar-refractivity contribution in [2.24, 2.45) is 4.99 Å². The molecule has 0 heterocycles. The number of terminal acetylenes is 1. The molecule has 1 rings (SSSR count). The molecule has 0 spiro atoms. The van der Waals surface area contributed by atoms with Gasteiger partial charge in [0.2, 0.25) is 0 Å². The van der Waals surface area contributed by atoms with Gasteiger partial charge in [0, 0.05) is 13.1 Å². The number of hydrogen-bond acceptors (Lipinski definition) is 1. The fraction of sp³-hybridized carbons (Fsp3) is 0.357. The summed E-state index contributed by atoms with van der Waals surface area (Å²) in [5.41, 5.74) is 0.675. The van der Waals surface area contributed by atoms with E-state index in [0.29, 0.717) is 31.0 Å². The minimum Gasteiger partial charge on any atom is -0.357 e. The van der Waals surface area contributed by atoms with Crippen molar-refractivity contribution in [3.05, 3.63) is 35.6 Å². The zero-order chi connectivity index (χ0) is 13.2. The summed E-state index contributed by atoms with van der Waals surface area (Å²) in [4.78, 5) is 4.32. The Morgan fingerprint density at radius 3 is 2.74 bits per heavy atom. The molecule has 0 bridgehead atoms. The highest BCUT2D eigenvalue weighted by Crippen LogP contribution is 2.06. The van der Waals surface area contributed by atoms with Crippen molar-refractivity contribution in [3.8, 4) is 12.3 Å². The Balaban J connectivity index is 0.00000324. The van der Waals surface area contributed by atoms with Gasteiger partial charge in [-0.15, -0.1) is 30.4 Å². The van der Waals surface area contributed by atoms with Crippen LogP contribution in [0.4, 0.5) is 4.39 Å². The van der Waals surface area contributed by atoms with Gasteiger partial charge in [-0.3, -0.25) is 4.99 Å². The number of nitrogens with zero attached hydrogens (tertiary/aromatic N) is 1. The topological polar surface area (TPSA) is 36.4 Å². The lowest BCUT2D eigenvalue weighted by molar-refractivity contribution is 0.609. The average Bonchev–Trinajstić information content (AvgIpc) is 2.38. The summed E-state index contributed by atoms with van der Waals surface area (Å²) in [7, 11) is 0. The van der Waals surface area contributed by atoms with Crippen LogP contribution in [0.5, 0.6) is 0 Å². The molecule has 0 atom stereocenters. The van der Waals surface area contributed by atoms with Crippen LogP contribution in [0.25, 0.3) is 0 Å². The zero-order valence-electron chi connectivity index (χ0n) is 10.9. The second-order valence-electron chi connectivity index (χ2n) is 3.66. The Bertz CT molecular complexity index is 441. The van der Waals surface area contributed by atoms with Crippen LogP contribution in [0.15, 0.2) is 29.3 Å². The molecule has 3 nitrogen and oxygen atoms in total. The molecule has 0 amide bonds. The molecule has 5 heteroatoms. The molecule has 0 saturated heterocycles. The third-order valence-corrected chi connectivity index (χ3v) is 2.31. The molecule has 0 aromatic heterocycles. The zero-order valence-corrected chi connectivity index (χ0v) is 13.3. The average molecular weight is 375 g/mol. The van der Waals surface area contributed by atoms with E-state index < -0.39 is 0 Å². The molecule has 19 heavy (non-hydrogen) atoms. The van der Waals surface area contributed by atoms with E-state index in [1.54, 1.807) is 12.1 Å². The first-order valence-corrected chi connectivity index (χ1v) is 5.97. The normalized spacial score (nSPS) is 10.3. The Labute approximate surface area is 131 Å². The maximum atomic E-state index is 13.4. The molecular weight excluding hydrogens is 356 g/mol. The minimum atomic E-state index is -0.186. The quantitative estimate of drug-likeness (QED) is 0.358. The second kappa shape index (κ2) is 10.6. The SMILES string of the molecule is C#CCNC(=NCCc1ccccc1F)NCC.I. The molecule has 0 saturated carbocycles. The van der Waals surface area contributed by atoms with Crippen molar-refractivity contribution in [1.82, 2.24) is 10.6 Å². The van der Waals surface area contributed by atoms with Crippen LogP contribution >= 0.6 is 24.0 Å². The predicted molar refractivity (Wildman–Crippen MR) is 88.3 cm³/mol. The largest absolute Gasteiger partial charge is 0.357 e. The smallest absolute Gasteiger partial charge is 0.192 e. The number of guanidine groups is 1. The molecular formula is C14H19FIN3. The lowest BCUT2D eigenvalue weighted by atomic mass is 10.1. The first kappa shape index (κ1) is 17.7. The van der Waals surface area contributed by atoms with E-state index >= 15 is 0 Å². The number of halogens is 2. The monoisotopic (exact) mass is 375 g/mol. The Hall–Kier alpha value is -1.29. The number of hydrogen-bond donors (Lipinski definition) is 2. The maximum absolute atomic E-state index is 13.4. The van der Waals surface area contributed by atoms with E-state index in [0.717, 1.165) is 6.54 Å². The lowest BCUT2D eigenvalue weighted by Crippen LogP contribution is -2.37. The molecule has 104 valence electrons. The van der Waals surface area contributed by atoms with Crippen molar-refractivity contribution in [3.63, 3.8) is 0 Å². The van der Waals surface area contributed by atoms with Gasteiger partial charge in [0.25, 0.3) is 0 Å². The van der Waals surface area contributed by atoms with Gasteiger partial charge in [0.05, 0.1) is 6.54 Å². The third-order valence-electron chi connectivity index (χ3n) is 2.31. The van der Waals surface area contributed by atoms with E-state index in [-0.39, 0.29) is 29.8 Å². The van der Waals surface area contributed by atoms with Crippen LogP contribution in [0.2, 0.25) is 0 Å². The summed E-state index contributed by atoms with van der Waals surface area (Å²) < 4.78 is 13.4. The Morgan fingerprint density at radius 1 is 1.37 bits per heavy atom. The minimum absolute atomic E-state index is 0. The van der Waals surface area contributed by atoms with Gasteiger partial charge < -0.3 is 10.6 Å². The number of nitrogens with one attached hydrogen (secondary N) is 2. The van der Waals surface area contributed by atoms with Crippen molar-refractivity contribution in [1.29, 1.82) is 0 Å². The summed E-state index contributed by atoms with van der Waals surface area (Å²) in [6, 6.07) is 6.73. The molecule has 2 N–H and O–H groups in total. The molecule has 0 fully saturated rings. The van der Waals surface area contributed by atoms with Crippen LogP contribution in [-0.2, 0) is 6.42 Å². The molecule has 0 aliphatic heterocycles. The number of rotatable bonds is 5. The maximum Gasteiger partial charge on any atom is 0.192 e. The predicted octanol–water partition coefficient (Wildman–Crippen LogP) is 2.17. The summed E-state index contributed by atoms with van der Waals surface area (Å²) in [5.74, 6) is 2.96. The first-order valence-electron chi connectivity index (χ1n) is 5.97. The van der Waals surface area contributed by atoms with Gasteiger partial charge in [-0.05, 0) is 25.0 Å². The first-order chi connectivity index (χ1) is 8.77. The van der Waals surface area contributed by atoms with Gasteiger partial charge in [-0.1, -0.05) is 24.1 Å².